The molecule has 0 bridgehead atoms. The number of aryl methyl sites for hydroxylation is 1. The van der Waals surface area contributed by atoms with E-state index < -0.39 is 18.1 Å². The largest absolute Gasteiger partial charge is 0.456 e. The average molecular weight is 374 g/mol. The molecule has 0 atom stereocenters. The molecule has 1 heterocycles. The number of pyridine rings is 1. The summed E-state index contributed by atoms with van der Waals surface area (Å²) in [5.41, 5.74) is 0.605. The SMILES string of the molecule is CCc1ccc(Oc2ccnc3cc(F)c(C(=O)NC)cc23)c(C(F)F)c1. The zero-order valence-corrected chi connectivity index (χ0v) is 14.7. The third-order valence-electron chi connectivity index (χ3n) is 4.20. The first-order valence-corrected chi connectivity index (χ1v) is 8.33. The van der Waals surface area contributed by atoms with Gasteiger partial charge in [0.1, 0.15) is 17.3 Å². The molecule has 0 aliphatic rings. The number of alkyl halides is 2. The molecule has 1 N–H and O–H groups in total. The molecule has 1 aromatic heterocycles. The van der Waals surface area contributed by atoms with Crippen LogP contribution >= 0.6 is 0 Å². The molecule has 0 spiro atoms. The molecule has 7 heteroatoms. The maximum absolute atomic E-state index is 14.1. The van der Waals surface area contributed by atoms with E-state index in [4.69, 9.17) is 4.74 Å². The second-order valence-electron chi connectivity index (χ2n) is 5.87. The van der Waals surface area contributed by atoms with E-state index in [0.717, 1.165) is 11.6 Å². The summed E-state index contributed by atoms with van der Waals surface area (Å²) in [5.74, 6) is -1.13. The number of amides is 1. The topological polar surface area (TPSA) is 51.2 Å². The molecule has 0 aliphatic carbocycles. The average Bonchev–Trinajstić information content (AvgIpc) is 2.67. The highest BCUT2D eigenvalue weighted by atomic mass is 19.3. The van der Waals surface area contributed by atoms with Crippen LogP contribution in [0.15, 0.2) is 42.6 Å². The van der Waals surface area contributed by atoms with Crippen molar-refractivity contribution >= 4 is 16.8 Å². The molecule has 3 aromatic rings. The number of carbonyl (C=O) groups is 1. The summed E-state index contributed by atoms with van der Waals surface area (Å²) in [6.45, 7) is 1.87. The molecular formula is C20H17F3N2O2. The van der Waals surface area contributed by atoms with Crippen LogP contribution in [0, 0.1) is 5.82 Å². The van der Waals surface area contributed by atoms with Gasteiger partial charge < -0.3 is 10.1 Å². The van der Waals surface area contributed by atoms with Gasteiger partial charge in [-0.2, -0.15) is 0 Å². The Bertz CT molecular complexity index is 1010. The van der Waals surface area contributed by atoms with E-state index >= 15 is 0 Å². The van der Waals surface area contributed by atoms with Crippen LogP contribution in [0.2, 0.25) is 0 Å². The van der Waals surface area contributed by atoms with Gasteiger partial charge in [-0.25, -0.2) is 13.2 Å². The van der Waals surface area contributed by atoms with Crippen molar-refractivity contribution in [3.05, 3.63) is 65.1 Å². The fourth-order valence-corrected chi connectivity index (χ4v) is 2.74. The van der Waals surface area contributed by atoms with Crippen molar-refractivity contribution in [1.82, 2.24) is 10.3 Å². The molecule has 3 rings (SSSR count). The zero-order valence-electron chi connectivity index (χ0n) is 14.7. The lowest BCUT2D eigenvalue weighted by Crippen LogP contribution is -2.19. The Labute approximate surface area is 154 Å². The molecule has 1 amide bonds. The summed E-state index contributed by atoms with van der Waals surface area (Å²) in [6.07, 6.45) is -0.704. The highest BCUT2D eigenvalue weighted by Crippen LogP contribution is 2.36. The maximum atomic E-state index is 14.1. The highest BCUT2D eigenvalue weighted by Gasteiger charge is 2.18. The Morgan fingerprint density at radius 1 is 1.19 bits per heavy atom. The lowest BCUT2D eigenvalue weighted by molar-refractivity contribution is 0.0959. The van der Waals surface area contributed by atoms with Crippen molar-refractivity contribution in [3.63, 3.8) is 0 Å². The van der Waals surface area contributed by atoms with Crippen LogP contribution in [-0.2, 0) is 6.42 Å². The summed E-state index contributed by atoms with van der Waals surface area (Å²) in [4.78, 5) is 15.9. The number of nitrogens with zero attached hydrogens (tertiary/aromatic N) is 1. The number of carbonyl (C=O) groups excluding carboxylic acids is 1. The van der Waals surface area contributed by atoms with Crippen LogP contribution in [0.3, 0.4) is 0 Å². The van der Waals surface area contributed by atoms with Gasteiger partial charge in [-0.15, -0.1) is 0 Å². The molecule has 2 aromatic carbocycles. The summed E-state index contributed by atoms with van der Waals surface area (Å²) in [5, 5.41) is 2.70. The Morgan fingerprint density at radius 3 is 2.63 bits per heavy atom. The number of halogens is 3. The van der Waals surface area contributed by atoms with Crippen molar-refractivity contribution in [2.75, 3.05) is 7.05 Å². The Morgan fingerprint density at radius 2 is 1.96 bits per heavy atom. The third kappa shape index (κ3) is 3.72. The van der Waals surface area contributed by atoms with Gasteiger partial charge in [0.05, 0.1) is 16.6 Å². The summed E-state index contributed by atoms with van der Waals surface area (Å²) in [6, 6.07) is 8.49. The van der Waals surface area contributed by atoms with Gasteiger partial charge in [0.25, 0.3) is 12.3 Å². The van der Waals surface area contributed by atoms with E-state index in [1.165, 1.54) is 37.5 Å². The molecule has 0 aliphatic heterocycles. The summed E-state index contributed by atoms with van der Waals surface area (Å²) in [7, 11) is 1.39. The lowest BCUT2D eigenvalue weighted by Gasteiger charge is -2.14. The number of fused-ring (bicyclic) bond motifs is 1. The molecule has 0 radical (unpaired) electrons. The number of benzene rings is 2. The van der Waals surface area contributed by atoms with Gasteiger partial charge >= 0.3 is 0 Å². The standard InChI is InChI=1S/C20H17F3N2O2/c1-3-11-4-5-17(14(8-11)19(22)23)27-18-6-7-25-16-10-15(21)12(9-13(16)18)20(26)24-2/h4-10,19H,3H2,1-2H3,(H,24,26). The number of hydrogen-bond acceptors (Lipinski definition) is 3. The number of nitrogens with one attached hydrogen (secondary N) is 1. The van der Waals surface area contributed by atoms with E-state index in [2.05, 4.69) is 10.3 Å². The number of hydrogen-bond donors (Lipinski definition) is 1. The molecule has 0 fully saturated rings. The van der Waals surface area contributed by atoms with E-state index in [1.807, 2.05) is 6.92 Å². The fourth-order valence-electron chi connectivity index (χ4n) is 2.74. The maximum Gasteiger partial charge on any atom is 0.267 e. The van der Waals surface area contributed by atoms with E-state index in [-0.39, 0.29) is 28.1 Å². The predicted octanol–water partition coefficient (Wildman–Crippen LogP) is 5.03. The quantitative estimate of drug-likeness (QED) is 0.682. The molecular weight excluding hydrogens is 357 g/mol. The predicted molar refractivity (Wildman–Crippen MR) is 95.9 cm³/mol. The van der Waals surface area contributed by atoms with E-state index in [9.17, 15) is 18.0 Å². The van der Waals surface area contributed by atoms with Gasteiger partial charge in [-0.05, 0) is 36.2 Å². The molecule has 27 heavy (non-hydrogen) atoms. The smallest absolute Gasteiger partial charge is 0.267 e. The van der Waals surface area contributed by atoms with Gasteiger partial charge in [-0.3, -0.25) is 9.78 Å². The van der Waals surface area contributed by atoms with Crippen molar-refractivity contribution < 1.29 is 22.7 Å². The number of ether oxygens (including phenoxy) is 1. The second kappa shape index (κ2) is 7.65. The normalized spacial score (nSPS) is 11.0. The second-order valence-corrected chi connectivity index (χ2v) is 5.87. The molecule has 4 nitrogen and oxygen atoms in total. The van der Waals surface area contributed by atoms with Crippen LogP contribution in [0.4, 0.5) is 13.2 Å². The third-order valence-corrected chi connectivity index (χ3v) is 4.20. The first-order valence-electron chi connectivity index (χ1n) is 8.33. The Kier molecular flexibility index (Phi) is 5.30. The minimum atomic E-state index is -2.71. The van der Waals surface area contributed by atoms with Crippen molar-refractivity contribution in [3.8, 4) is 11.5 Å². The van der Waals surface area contributed by atoms with E-state index in [0.29, 0.717) is 11.8 Å². The molecule has 0 unspecified atom stereocenters. The first kappa shape index (κ1) is 18.7. The van der Waals surface area contributed by atoms with Crippen LogP contribution in [0.5, 0.6) is 11.5 Å². The molecule has 140 valence electrons. The van der Waals surface area contributed by atoms with Crippen molar-refractivity contribution in [1.29, 1.82) is 0 Å². The first-order chi connectivity index (χ1) is 12.9. The Balaban J connectivity index is 2.11. The zero-order chi connectivity index (χ0) is 19.6. The highest BCUT2D eigenvalue weighted by molar-refractivity contribution is 5.99. The molecule has 0 saturated heterocycles. The van der Waals surface area contributed by atoms with Gasteiger partial charge in [0, 0.05) is 24.7 Å². The summed E-state index contributed by atoms with van der Waals surface area (Å²) < 4.78 is 46.7. The van der Waals surface area contributed by atoms with Gasteiger partial charge in [-0.1, -0.05) is 13.0 Å². The van der Waals surface area contributed by atoms with Gasteiger partial charge in [0.15, 0.2) is 0 Å². The van der Waals surface area contributed by atoms with Crippen LogP contribution in [0.1, 0.15) is 34.8 Å². The minimum absolute atomic E-state index is 0.000480. The summed E-state index contributed by atoms with van der Waals surface area (Å²) >= 11 is 0. The Hall–Kier alpha value is -3.09. The van der Waals surface area contributed by atoms with Crippen LogP contribution in [0.25, 0.3) is 10.9 Å². The fraction of sp³-hybridized carbons (Fsp3) is 0.200. The monoisotopic (exact) mass is 374 g/mol. The number of rotatable bonds is 5. The van der Waals surface area contributed by atoms with Crippen molar-refractivity contribution in [2.45, 2.75) is 19.8 Å². The van der Waals surface area contributed by atoms with Crippen molar-refractivity contribution in [2.24, 2.45) is 0 Å². The minimum Gasteiger partial charge on any atom is -0.456 e. The lowest BCUT2D eigenvalue weighted by atomic mass is 10.1. The number of aromatic nitrogens is 1. The van der Waals surface area contributed by atoms with Crippen LogP contribution in [-0.4, -0.2) is 17.9 Å². The van der Waals surface area contributed by atoms with Crippen LogP contribution < -0.4 is 10.1 Å². The van der Waals surface area contributed by atoms with Gasteiger partial charge in [0.2, 0.25) is 0 Å². The van der Waals surface area contributed by atoms with E-state index in [1.54, 1.807) is 6.07 Å². The molecule has 0 saturated carbocycles.